The third-order valence-corrected chi connectivity index (χ3v) is 11.4. The molecule has 3 aromatic heterocycles. The zero-order valence-electron chi connectivity index (χ0n) is 29.9. The van der Waals surface area contributed by atoms with Crippen LogP contribution in [0.1, 0.15) is 51.7 Å². The van der Waals surface area contributed by atoms with Crippen LogP contribution >= 0.6 is 0 Å². The van der Waals surface area contributed by atoms with Gasteiger partial charge in [0.1, 0.15) is 0 Å². The molecule has 5 heteroatoms. The van der Waals surface area contributed by atoms with Crippen molar-refractivity contribution in [1.82, 2.24) is 24.1 Å². The van der Waals surface area contributed by atoms with Crippen molar-refractivity contribution in [2.45, 2.75) is 51.4 Å². The highest BCUT2D eigenvalue weighted by atomic mass is 15.2. The molecule has 9 aromatic rings. The predicted molar refractivity (Wildman–Crippen MR) is 215 cm³/mol. The average Bonchev–Trinajstić information content (AvgIpc) is 3.70. The van der Waals surface area contributed by atoms with Crippen LogP contribution in [0.4, 0.5) is 0 Å². The minimum Gasteiger partial charge on any atom is -0.309 e. The van der Waals surface area contributed by atoms with Gasteiger partial charge < -0.3 is 4.57 Å². The Morgan fingerprint density at radius 1 is 0.462 bits per heavy atom. The van der Waals surface area contributed by atoms with Gasteiger partial charge in [0.25, 0.3) is 0 Å². The number of fused-ring (bicyclic) bond motifs is 8. The van der Waals surface area contributed by atoms with Crippen molar-refractivity contribution in [3.63, 3.8) is 0 Å². The summed E-state index contributed by atoms with van der Waals surface area (Å²) >= 11 is 0. The Kier molecular flexibility index (Phi) is 6.63. The fraction of sp³-hybridized carbons (Fsp3) is 0.170. The number of benzene rings is 6. The highest BCUT2D eigenvalue weighted by Crippen LogP contribution is 2.50. The van der Waals surface area contributed by atoms with Crippen LogP contribution in [0.5, 0.6) is 0 Å². The van der Waals surface area contributed by atoms with Gasteiger partial charge in [0.15, 0.2) is 11.6 Å². The molecule has 10 rings (SSSR count). The van der Waals surface area contributed by atoms with E-state index in [9.17, 15) is 0 Å². The first-order valence-corrected chi connectivity index (χ1v) is 18.3. The summed E-state index contributed by atoms with van der Waals surface area (Å²) in [5.74, 6) is 1.92. The molecule has 52 heavy (non-hydrogen) atoms. The van der Waals surface area contributed by atoms with Crippen molar-refractivity contribution in [2.75, 3.05) is 0 Å². The summed E-state index contributed by atoms with van der Waals surface area (Å²) in [4.78, 5) is 15.6. The van der Waals surface area contributed by atoms with Gasteiger partial charge in [-0.2, -0.15) is 9.97 Å². The van der Waals surface area contributed by atoms with Crippen LogP contribution in [0.25, 0.3) is 78.0 Å². The molecule has 0 atom stereocenters. The molecular formula is C47H39N5. The number of hydrogen-bond donors (Lipinski definition) is 0. The average molecular weight is 674 g/mol. The first-order valence-electron chi connectivity index (χ1n) is 18.3. The predicted octanol–water partition coefficient (Wildman–Crippen LogP) is 11.7. The number of para-hydroxylation sites is 2. The smallest absolute Gasteiger partial charge is 0.238 e. The second-order valence-electron chi connectivity index (χ2n) is 15.6. The molecule has 5 nitrogen and oxygen atoms in total. The van der Waals surface area contributed by atoms with Crippen LogP contribution < -0.4 is 0 Å². The largest absolute Gasteiger partial charge is 0.309 e. The minimum absolute atomic E-state index is 0.0259. The quantitative estimate of drug-likeness (QED) is 0.187. The van der Waals surface area contributed by atoms with Crippen molar-refractivity contribution in [3.05, 3.63) is 151 Å². The van der Waals surface area contributed by atoms with Gasteiger partial charge in [-0.25, -0.2) is 4.98 Å². The lowest BCUT2D eigenvalue weighted by molar-refractivity contribution is 0.332. The van der Waals surface area contributed by atoms with Gasteiger partial charge >= 0.3 is 0 Å². The van der Waals surface area contributed by atoms with E-state index < -0.39 is 0 Å². The van der Waals surface area contributed by atoms with E-state index in [1.54, 1.807) is 0 Å². The summed E-state index contributed by atoms with van der Waals surface area (Å²) in [5.41, 5.74) is 10.5. The Morgan fingerprint density at radius 3 is 1.65 bits per heavy atom. The van der Waals surface area contributed by atoms with E-state index in [1.165, 1.54) is 43.7 Å². The summed E-state index contributed by atoms with van der Waals surface area (Å²) < 4.78 is 4.75. The molecule has 0 amide bonds. The van der Waals surface area contributed by atoms with Crippen molar-refractivity contribution in [3.8, 4) is 34.4 Å². The molecule has 3 heterocycles. The molecule has 1 aliphatic carbocycles. The van der Waals surface area contributed by atoms with Crippen LogP contribution in [0.2, 0.25) is 0 Å². The zero-order chi connectivity index (χ0) is 35.2. The summed E-state index contributed by atoms with van der Waals surface area (Å²) in [6, 6.07) is 49.6. The Hall–Kier alpha value is -6.07. The van der Waals surface area contributed by atoms with Crippen LogP contribution in [-0.4, -0.2) is 24.1 Å². The number of rotatable bonds is 4. The van der Waals surface area contributed by atoms with Gasteiger partial charge in [-0.05, 0) is 71.2 Å². The maximum absolute atomic E-state index is 5.29. The van der Waals surface area contributed by atoms with E-state index in [2.05, 4.69) is 140 Å². The number of aromatic nitrogens is 5. The Morgan fingerprint density at radius 2 is 1.02 bits per heavy atom. The van der Waals surface area contributed by atoms with Gasteiger partial charge in [-0.15, -0.1) is 0 Å². The first kappa shape index (κ1) is 30.7. The van der Waals surface area contributed by atoms with Crippen molar-refractivity contribution >= 4 is 43.6 Å². The van der Waals surface area contributed by atoms with Crippen LogP contribution in [0.3, 0.4) is 0 Å². The lowest BCUT2D eigenvalue weighted by atomic mass is 9.63. The van der Waals surface area contributed by atoms with Crippen LogP contribution in [0.15, 0.2) is 140 Å². The molecular weight excluding hydrogens is 635 g/mol. The second-order valence-corrected chi connectivity index (χ2v) is 15.6. The maximum Gasteiger partial charge on any atom is 0.238 e. The number of nitrogens with zero attached hydrogens (tertiary/aromatic N) is 5. The van der Waals surface area contributed by atoms with Gasteiger partial charge in [0.05, 0.1) is 22.1 Å². The summed E-state index contributed by atoms with van der Waals surface area (Å²) in [7, 11) is 0. The molecule has 0 N–H and O–H groups in total. The van der Waals surface area contributed by atoms with Gasteiger partial charge in [0, 0.05) is 38.4 Å². The van der Waals surface area contributed by atoms with Gasteiger partial charge in [0.2, 0.25) is 5.95 Å². The van der Waals surface area contributed by atoms with E-state index in [-0.39, 0.29) is 10.8 Å². The molecule has 252 valence electrons. The van der Waals surface area contributed by atoms with Gasteiger partial charge in [-0.1, -0.05) is 131 Å². The lowest BCUT2D eigenvalue weighted by Gasteiger charge is -2.42. The topological polar surface area (TPSA) is 48.5 Å². The molecule has 6 aromatic carbocycles. The monoisotopic (exact) mass is 673 g/mol. The summed E-state index contributed by atoms with van der Waals surface area (Å²) in [5, 5.41) is 4.89. The van der Waals surface area contributed by atoms with E-state index in [4.69, 9.17) is 15.0 Å². The van der Waals surface area contributed by atoms with Crippen molar-refractivity contribution < 1.29 is 0 Å². The Labute approximate surface area is 303 Å². The van der Waals surface area contributed by atoms with E-state index in [1.807, 2.05) is 36.4 Å². The van der Waals surface area contributed by atoms with Gasteiger partial charge in [-0.3, -0.25) is 4.57 Å². The molecule has 0 fully saturated rings. The van der Waals surface area contributed by atoms with Crippen LogP contribution in [0, 0.1) is 0 Å². The van der Waals surface area contributed by atoms with E-state index in [0.29, 0.717) is 17.6 Å². The second kappa shape index (κ2) is 11.2. The zero-order valence-corrected chi connectivity index (χ0v) is 29.9. The van der Waals surface area contributed by atoms with Crippen molar-refractivity contribution in [1.29, 1.82) is 0 Å². The highest BCUT2D eigenvalue weighted by molar-refractivity contribution is 6.26. The minimum atomic E-state index is 0.0259. The molecule has 1 aliphatic rings. The standard InChI is InChI=1S/C47H39N5/c1-46(2)26-27-47(3,4)37-29-40-35(28-36(37)46)41-39(25-24-34-33-22-14-15-23-38(33)51(42(34)41)32-20-12-7-13-21-32)52(40)45-49-43(30-16-8-5-9-17-30)48-44(50-45)31-18-10-6-11-19-31/h5-25,28-29H,26-27H2,1-4H3. The third kappa shape index (κ3) is 4.58. The molecule has 0 aliphatic heterocycles. The molecule has 0 saturated carbocycles. The first-order chi connectivity index (χ1) is 25.3. The molecule has 0 bridgehead atoms. The summed E-state index contributed by atoms with van der Waals surface area (Å²) in [6.45, 7) is 9.62. The fourth-order valence-corrected chi connectivity index (χ4v) is 8.57. The molecule has 0 spiro atoms. The van der Waals surface area contributed by atoms with E-state index >= 15 is 0 Å². The Bertz CT molecular complexity index is 2770. The van der Waals surface area contributed by atoms with Crippen molar-refractivity contribution in [2.24, 2.45) is 0 Å². The summed E-state index contributed by atoms with van der Waals surface area (Å²) in [6.07, 6.45) is 2.28. The third-order valence-electron chi connectivity index (χ3n) is 11.4. The van der Waals surface area contributed by atoms with Crippen LogP contribution in [-0.2, 0) is 10.8 Å². The molecule has 0 saturated heterocycles. The van der Waals surface area contributed by atoms with E-state index in [0.717, 1.165) is 40.7 Å². The normalized spacial score (nSPS) is 15.1. The lowest BCUT2D eigenvalue weighted by Crippen LogP contribution is -2.33. The maximum atomic E-state index is 5.29. The Balaban J connectivity index is 1.41. The fourth-order valence-electron chi connectivity index (χ4n) is 8.57. The molecule has 0 radical (unpaired) electrons. The highest BCUT2D eigenvalue weighted by Gasteiger charge is 2.38. The number of hydrogen-bond acceptors (Lipinski definition) is 3. The SMILES string of the molecule is CC1(C)CCC(C)(C)c2cc3c(cc21)c1c(ccc2c4ccccc4n(-c4ccccc4)c21)n3-c1nc(-c2ccccc2)nc(-c2ccccc2)n1. The molecule has 0 unspecified atom stereocenters.